The Morgan fingerprint density at radius 3 is 2.66 bits per heavy atom. The number of unbranched alkanes of at least 4 members (excludes halogenated alkanes) is 2. The van der Waals surface area contributed by atoms with Crippen molar-refractivity contribution < 1.29 is 28.6 Å². The predicted molar refractivity (Wildman–Crippen MR) is 105 cm³/mol. The van der Waals surface area contributed by atoms with E-state index < -0.39 is 30.0 Å². The number of urea groups is 1. The molecular weight excluding hydrogens is 382 g/mol. The van der Waals surface area contributed by atoms with E-state index in [0.29, 0.717) is 19.4 Å². The normalized spacial score (nSPS) is 19.4. The zero-order chi connectivity index (χ0) is 21.4. The molecule has 0 radical (unpaired) electrons. The van der Waals surface area contributed by atoms with Gasteiger partial charge in [0, 0.05) is 18.7 Å². The lowest BCUT2D eigenvalue weighted by atomic mass is 10.0. The molecule has 1 aromatic carbocycles. The molecule has 6 nitrogen and oxygen atoms in total. The van der Waals surface area contributed by atoms with E-state index in [1.807, 2.05) is 0 Å². The quantitative estimate of drug-likeness (QED) is 0.385. The van der Waals surface area contributed by atoms with Crippen LogP contribution in [0.15, 0.2) is 42.5 Å². The molecule has 0 spiro atoms. The summed E-state index contributed by atoms with van der Waals surface area (Å²) in [4.78, 5) is 24.4. The molecule has 1 aromatic rings. The van der Waals surface area contributed by atoms with Gasteiger partial charge >= 0.3 is 17.9 Å². The number of aliphatic hydroxyl groups excluding tert-OH is 1. The van der Waals surface area contributed by atoms with Gasteiger partial charge in [0.15, 0.2) is 0 Å². The van der Waals surface area contributed by atoms with E-state index in [9.17, 15) is 23.5 Å². The van der Waals surface area contributed by atoms with E-state index in [2.05, 4.69) is 5.32 Å². The van der Waals surface area contributed by atoms with Gasteiger partial charge in [-0.15, -0.1) is 0 Å². The third kappa shape index (κ3) is 6.25. The first kappa shape index (κ1) is 22.8. The van der Waals surface area contributed by atoms with Gasteiger partial charge in [-0.05, 0) is 12.8 Å². The van der Waals surface area contributed by atoms with Crippen LogP contribution in [0.5, 0.6) is 0 Å². The van der Waals surface area contributed by atoms with Crippen LogP contribution in [0, 0.1) is 5.92 Å². The second kappa shape index (κ2) is 10.3. The maximum absolute atomic E-state index is 14.4. The molecule has 1 aliphatic rings. The maximum atomic E-state index is 14.4. The number of carbonyl (C=O) groups excluding carboxylic acids is 1. The van der Waals surface area contributed by atoms with Crippen molar-refractivity contribution in [1.29, 1.82) is 0 Å². The lowest BCUT2D eigenvalue weighted by molar-refractivity contribution is -0.141. The Bertz CT molecular complexity index is 712. The topological polar surface area (TPSA) is 89.9 Å². The number of hydrogen-bond acceptors (Lipinski definition) is 3. The summed E-state index contributed by atoms with van der Waals surface area (Å²) in [6, 6.07) is 6.42. The first-order chi connectivity index (χ1) is 13.7. The molecule has 1 fully saturated rings. The molecule has 3 atom stereocenters. The average molecular weight is 410 g/mol. The Morgan fingerprint density at radius 1 is 1.31 bits per heavy atom. The molecule has 1 heterocycles. The van der Waals surface area contributed by atoms with Gasteiger partial charge in [0.05, 0.1) is 12.0 Å². The largest absolute Gasteiger partial charge is 0.481 e. The number of alkyl halides is 2. The van der Waals surface area contributed by atoms with Gasteiger partial charge in [-0.3, -0.25) is 4.79 Å². The fourth-order valence-electron chi connectivity index (χ4n) is 3.21. The molecule has 0 saturated carbocycles. The van der Waals surface area contributed by atoms with E-state index in [1.54, 1.807) is 17.9 Å². The van der Waals surface area contributed by atoms with Crippen molar-refractivity contribution in [1.82, 2.24) is 10.2 Å². The smallest absolute Gasteiger partial charge is 0.318 e. The summed E-state index contributed by atoms with van der Waals surface area (Å²) in [6.07, 6.45) is 3.25. The first-order valence-electron chi connectivity index (χ1n) is 9.80. The minimum absolute atomic E-state index is 0.273. The number of carboxylic acids is 1. The van der Waals surface area contributed by atoms with E-state index in [-0.39, 0.29) is 18.1 Å². The monoisotopic (exact) mass is 410 g/mol. The molecule has 160 valence electrons. The summed E-state index contributed by atoms with van der Waals surface area (Å²) >= 11 is 0. The molecule has 0 bridgehead atoms. The van der Waals surface area contributed by atoms with Crippen LogP contribution in [0.4, 0.5) is 13.6 Å². The van der Waals surface area contributed by atoms with Gasteiger partial charge in [-0.2, -0.15) is 8.78 Å². The number of nitrogens with one attached hydrogen (secondary N) is 1. The fraction of sp³-hybridized carbons (Fsp3) is 0.524. The Balaban J connectivity index is 1.87. The first-order valence-corrected chi connectivity index (χ1v) is 9.80. The molecule has 8 heteroatoms. The highest BCUT2D eigenvalue weighted by Crippen LogP contribution is 2.32. The van der Waals surface area contributed by atoms with Gasteiger partial charge in [0.2, 0.25) is 0 Å². The van der Waals surface area contributed by atoms with Crippen LogP contribution in [-0.2, 0) is 10.7 Å². The lowest BCUT2D eigenvalue weighted by Crippen LogP contribution is -2.35. The maximum Gasteiger partial charge on any atom is 0.318 e. The van der Waals surface area contributed by atoms with Gasteiger partial charge in [-0.1, -0.05) is 62.2 Å². The molecule has 1 saturated heterocycles. The van der Waals surface area contributed by atoms with Gasteiger partial charge in [0.1, 0.15) is 6.10 Å². The molecule has 2 rings (SSSR count). The molecular formula is C21H28F2N2O4. The van der Waals surface area contributed by atoms with Crippen LogP contribution >= 0.6 is 0 Å². The number of hydrogen-bond donors (Lipinski definition) is 3. The number of rotatable bonds is 11. The van der Waals surface area contributed by atoms with Gasteiger partial charge in [-0.25, -0.2) is 4.79 Å². The highest BCUT2D eigenvalue weighted by atomic mass is 19.3. The number of nitrogens with zero attached hydrogens (tertiary/aromatic N) is 1. The number of aliphatic hydroxyl groups is 1. The zero-order valence-electron chi connectivity index (χ0n) is 16.4. The summed E-state index contributed by atoms with van der Waals surface area (Å²) in [6.45, 7) is 2.39. The Hall–Kier alpha value is -2.48. The third-order valence-corrected chi connectivity index (χ3v) is 5.13. The molecule has 2 amide bonds. The van der Waals surface area contributed by atoms with Crippen molar-refractivity contribution in [3.63, 3.8) is 0 Å². The van der Waals surface area contributed by atoms with E-state index in [1.165, 1.54) is 30.3 Å². The summed E-state index contributed by atoms with van der Waals surface area (Å²) in [5.41, 5.74) is -0.273. The molecule has 0 aromatic heterocycles. The minimum Gasteiger partial charge on any atom is -0.481 e. The van der Waals surface area contributed by atoms with Gasteiger partial charge < -0.3 is 20.4 Å². The number of benzene rings is 1. The van der Waals surface area contributed by atoms with Crippen LogP contribution < -0.4 is 5.32 Å². The van der Waals surface area contributed by atoms with Crippen molar-refractivity contribution in [2.24, 2.45) is 5.92 Å². The minimum atomic E-state index is -3.43. The zero-order valence-corrected chi connectivity index (χ0v) is 16.4. The van der Waals surface area contributed by atoms with Crippen LogP contribution in [0.3, 0.4) is 0 Å². The van der Waals surface area contributed by atoms with Crippen LogP contribution in [0.1, 0.15) is 38.2 Å². The summed E-state index contributed by atoms with van der Waals surface area (Å²) < 4.78 is 28.7. The highest BCUT2D eigenvalue weighted by molar-refractivity contribution is 5.77. The average Bonchev–Trinajstić information content (AvgIpc) is 3.05. The molecule has 0 aliphatic carbocycles. The number of carboxylic acid groups (broad SMARTS) is 1. The summed E-state index contributed by atoms with van der Waals surface area (Å²) in [7, 11) is 0. The molecule has 29 heavy (non-hydrogen) atoms. The van der Waals surface area contributed by atoms with Crippen LogP contribution in [-0.4, -0.2) is 52.3 Å². The van der Waals surface area contributed by atoms with Crippen molar-refractivity contribution in [2.45, 2.75) is 50.7 Å². The number of carbonyl (C=O) groups is 2. The summed E-state index contributed by atoms with van der Waals surface area (Å²) in [5.74, 6) is -4.65. The second-order valence-electron chi connectivity index (χ2n) is 7.35. The lowest BCUT2D eigenvalue weighted by Gasteiger charge is -2.23. The number of aliphatic carboxylic acids is 1. The second-order valence-corrected chi connectivity index (χ2v) is 7.35. The fourth-order valence-corrected chi connectivity index (χ4v) is 3.21. The van der Waals surface area contributed by atoms with E-state index >= 15 is 0 Å². The molecule has 1 aliphatic heterocycles. The molecule has 2 unspecified atom stereocenters. The van der Waals surface area contributed by atoms with Crippen molar-refractivity contribution in [3.8, 4) is 0 Å². The Labute approximate surface area is 169 Å². The number of amides is 2. The molecule has 3 N–H and O–H groups in total. The van der Waals surface area contributed by atoms with Crippen LogP contribution in [0.25, 0.3) is 0 Å². The Kier molecular flexibility index (Phi) is 8.13. The highest BCUT2D eigenvalue weighted by Gasteiger charge is 2.39. The number of halogens is 2. The summed E-state index contributed by atoms with van der Waals surface area (Å²) in [5, 5.41) is 21.5. The van der Waals surface area contributed by atoms with E-state index in [4.69, 9.17) is 5.11 Å². The van der Waals surface area contributed by atoms with Crippen molar-refractivity contribution in [3.05, 3.63) is 48.0 Å². The van der Waals surface area contributed by atoms with Crippen molar-refractivity contribution in [2.75, 3.05) is 13.1 Å². The van der Waals surface area contributed by atoms with Crippen molar-refractivity contribution >= 4 is 12.0 Å². The predicted octanol–water partition coefficient (Wildman–Crippen LogP) is 3.37. The van der Waals surface area contributed by atoms with Crippen LogP contribution in [0.2, 0.25) is 0 Å². The van der Waals surface area contributed by atoms with E-state index in [0.717, 1.165) is 18.9 Å². The SMILES string of the molecule is CC(CCCCCN1C(=O)NC[C@@H]1C=CC(O)C(F)(F)c1ccccc1)C(=O)O. The standard InChI is InChI=1S/C21H28F2N2O4/c1-15(19(27)28)8-4-3-7-13-25-17(14-24-20(25)29)11-12-18(26)21(22,23)16-9-5-2-6-10-16/h2,5-6,9-12,15,17-18,26H,3-4,7-8,13-14H2,1H3,(H,24,29)(H,27,28)/t15?,17-,18?/m0/s1. The Morgan fingerprint density at radius 2 is 2.00 bits per heavy atom. The van der Waals surface area contributed by atoms with Gasteiger partial charge in [0.25, 0.3) is 0 Å². The third-order valence-electron chi connectivity index (χ3n) is 5.13.